The first kappa shape index (κ1) is 20.5. The number of benzene rings is 1. The van der Waals surface area contributed by atoms with Crippen LogP contribution in [-0.2, 0) is 23.9 Å². The largest absolute Gasteiger partial charge is 0.459 e. The van der Waals surface area contributed by atoms with E-state index in [1.165, 1.54) is 17.7 Å². The minimum absolute atomic E-state index is 0.0965. The van der Waals surface area contributed by atoms with Crippen LogP contribution in [0.4, 0.5) is 22.7 Å². The first-order valence-corrected chi connectivity index (χ1v) is 9.02. The molecule has 0 aliphatic heterocycles. The number of furan rings is 1. The Morgan fingerprint density at radius 3 is 2.69 bits per heavy atom. The molecule has 0 saturated heterocycles. The van der Waals surface area contributed by atoms with Crippen LogP contribution < -0.4 is 10.6 Å². The highest BCUT2D eigenvalue weighted by molar-refractivity contribution is 7.14. The number of hydrogen-bond acceptors (Lipinski definition) is 5. The number of hydrogen-bond donors (Lipinski definition) is 2. The fraction of sp³-hybridized carbons (Fsp3) is 0.167. The summed E-state index contributed by atoms with van der Waals surface area (Å²) < 4.78 is 57.0. The van der Waals surface area contributed by atoms with Gasteiger partial charge in [-0.3, -0.25) is 14.9 Å². The van der Waals surface area contributed by atoms with Crippen LogP contribution in [0.25, 0.3) is 0 Å². The Hall–Kier alpha value is -3.21. The summed E-state index contributed by atoms with van der Waals surface area (Å²) in [4.78, 5) is 28.0. The van der Waals surface area contributed by atoms with Crippen LogP contribution in [0.15, 0.2) is 46.4 Å². The summed E-state index contributed by atoms with van der Waals surface area (Å²) >= 11 is 1.08. The SMILES string of the molecule is O=C(Cc1csc(NC(=O)c2ccco2)n1)NCc1ccc(F)cc1C(F)(F)F. The van der Waals surface area contributed by atoms with E-state index in [0.717, 1.165) is 23.5 Å². The number of carbonyl (C=O) groups is 2. The molecule has 2 amide bonds. The van der Waals surface area contributed by atoms with Crippen molar-refractivity contribution in [1.29, 1.82) is 0 Å². The van der Waals surface area contributed by atoms with Gasteiger partial charge in [-0.2, -0.15) is 13.2 Å². The maximum absolute atomic E-state index is 13.1. The summed E-state index contributed by atoms with van der Waals surface area (Å²) in [5.41, 5.74) is -1.07. The van der Waals surface area contributed by atoms with Crippen molar-refractivity contribution in [2.24, 2.45) is 0 Å². The number of thiazole rings is 1. The zero-order valence-corrected chi connectivity index (χ0v) is 15.4. The number of carbonyl (C=O) groups excluding carboxylic acids is 2. The van der Waals surface area contributed by atoms with Crippen molar-refractivity contribution >= 4 is 28.3 Å². The van der Waals surface area contributed by atoms with Gasteiger partial charge in [0.1, 0.15) is 5.82 Å². The molecule has 6 nitrogen and oxygen atoms in total. The quantitative estimate of drug-likeness (QED) is 0.583. The summed E-state index contributed by atoms with van der Waals surface area (Å²) in [6.45, 7) is -0.416. The van der Waals surface area contributed by atoms with Gasteiger partial charge < -0.3 is 9.73 Å². The van der Waals surface area contributed by atoms with Crippen LogP contribution in [0.1, 0.15) is 27.4 Å². The lowest BCUT2D eigenvalue weighted by Gasteiger charge is -2.13. The summed E-state index contributed by atoms with van der Waals surface area (Å²) in [6.07, 6.45) is -3.59. The number of rotatable bonds is 6. The molecule has 1 aromatic carbocycles. The van der Waals surface area contributed by atoms with E-state index in [-0.39, 0.29) is 22.9 Å². The fourth-order valence-electron chi connectivity index (χ4n) is 2.40. The first-order valence-electron chi connectivity index (χ1n) is 8.14. The zero-order valence-electron chi connectivity index (χ0n) is 14.5. The summed E-state index contributed by atoms with van der Waals surface area (Å²) in [7, 11) is 0. The van der Waals surface area contributed by atoms with E-state index < -0.39 is 35.9 Å². The van der Waals surface area contributed by atoms with Gasteiger partial charge in [0.15, 0.2) is 10.9 Å². The molecule has 0 saturated carbocycles. The Morgan fingerprint density at radius 2 is 2.00 bits per heavy atom. The molecule has 152 valence electrons. The van der Waals surface area contributed by atoms with Crippen LogP contribution in [0.2, 0.25) is 0 Å². The van der Waals surface area contributed by atoms with Gasteiger partial charge in [-0.05, 0) is 29.8 Å². The highest BCUT2D eigenvalue weighted by atomic mass is 32.1. The van der Waals surface area contributed by atoms with Crippen molar-refractivity contribution in [3.05, 3.63) is 70.4 Å². The molecular weight excluding hydrogens is 414 g/mol. The van der Waals surface area contributed by atoms with Gasteiger partial charge in [-0.1, -0.05) is 6.07 Å². The third-order valence-corrected chi connectivity index (χ3v) is 4.52. The lowest BCUT2D eigenvalue weighted by Crippen LogP contribution is -2.26. The van der Waals surface area contributed by atoms with Gasteiger partial charge in [0.25, 0.3) is 5.91 Å². The molecule has 2 heterocycles. The predicted octanol–water partition coefficient (Wildman–Crippen LogP) is 4.01. The van der Waals surface area contributed by atoms with E-state index in [4.69, 9.17) is 4.42 Å². The van der Waals surface area contributed by atoms with E-state index in [9.17, 15) is 27.2 Å². The molecule has 0 unspecified atom stereocenters. The number of alkyl halides is 3. The van der Waals surface area contributed by atoms with Crippen molar-refractivity contribution in [3.63, 3.8) is 0 Å². The summed E-state index contributed by atoms with van der Waals surface area (Å²) in [5.74, 6) is -1.99. The van der Waals surface area contributed by atoms with E-state index in [1.807, 2.05) is 0 Å². The number of halogens is 4. The topological polar surface area (TPSA) is 84.2 Å². The van der Waals surface area contributed by atoms with Crippen molar-refractivity contribution in [3.8, 4) is 0 Å². The smallest absolute Gasteiger partial charge is 0.416 e. The van der Waals surface area contributed by atoms with E-state index in [2.05, 4.69) is 15.6 Å². The maximum atomic E-state index is 13.1. The van der Waals surface area contributed by atoms with Gasteiger partial charge in [0, 0.05) is 11.9 Å². The molecule has 0 aliphatic carbocycles. The minimum atomic E-state index is -4.74. The Bertz CT molecular complexity index is 1020. The zero-order chi connectivity index (χ0) is 21.0. The summed E-state index contributed by atoms with van der Waals surface area (Å²) in [6, 6.07) is 5.28. The Kier molecular flexibility index (Phi) is 5.97. The van der Waals surface area contributed by atoms with E-state index in [0.29, 0.717) is 11.8 Å². The molecule has 11 heteroatoms. The van der Waals surface area contributed by atoms with Crippen LogP contribution in [0.3, 0.4) is 0 Å². The third kappa shape index (κ3) is 5.41. The second-order valence-electron chi connectivity index (χ2n) is 5.83. The second kappa shape index (κ2) is 8.43. The summed E-state index contributed by atoms with van der Waals surface area (Å²) in [5, 5.41) is 6.64. The van der Waals surface area contributed by atoms with Crippen LogP contribution in [-0.4, -0.2) is 16.8 Å². The van der Waals surface area contributed by atoms with Crippen LogP contribution in [0.5, 0.6) is 0 Å². The molecule has 3 rings (SSSR count). The lowest BCUT2D eigenvalue weighted by molar-refractivity contribution is -0.138. The predicted molar refractivity (Wildman–Crippen MR) is 95.7 cm³/mol. The van der Waals surface area contributed by atoms with Crippen molar-refractivity contribution in [2.45, 2.75) is 19.1 Å². The molecule has 2 N–H and O–H groups in total. The second-order valence-corrected chi connectivity index (χ2v) is 6.69. The highest BCUT2D eigenvalue weighted by Gasteiger charge is 2.33. The van der Waals surface area contributed by atoms with Crippen LogP contribution >= 0.6 is 11.3 Å². The Labute approximate surface area is 165 Å². The standard InChI is InChI=1S/C18H13F4N3O3S/c19-11-4-3-10(13(6-11)18(20,21)22)8-23-15(26)7-12-9-29-17(24-12)25-16(27)14-2-1-5-28-14/h1-6,9H,7-8H2,(H,23,26)(H,24,25,27). The first-order chi connectivity index (χ1) is 13.7. The van der Waals surface area contributed by atoms with E-state index in [1.54, 1.807) is 6.07 Å². The van der Waals surface area contributed by atoms with Gasteiger partial charge in [-0.25, -0.2) is 9.37 Å². The van der Waals surface area contributed by atoms with Gasteiger partial charge >= 0.3 is 6.18 Å². The Morgan fingerprint density at radius 1 is 1.21 bits per heavy atom. The third-order valence-electron chi connectivity index (χ3n) is 3.71. The fourth-order valence-corrected chi connectivity index (χ4v) is 3.10. The molecule has 0 bridgehead atoms. The molecule has 29 heavy (non-hydrogen) atoms. The Balaban J connectivity index is 1.57. The lowest BCUT2D eigenvalue weighted by atomic mass is 10.1. The minimum Gasteiger partial charge on any atom is -0.459 e. The van der Waals surface area contributed by atoms with Crippen molar-refractivity contribution in [1.82, 2.24) is 10.3 Å². The van der Waals surface area contributed by atoms with Gasteiger partial charge in [0.2, 0.25) is 5.91 Å². The van der Waals surface area contributed by atoms with E-state index >= 15 is 0 Å². The molecule has 0 fully saturated rings. The highest BCUT2D eigenvalue weighted by Crippen LogP contribution is 2.32. The monoisotopic (exact) mass is 427 g/mol. The van der Waals surface area contributed by atoms with Crippen molar-refractivity contribution in [2.75, 3.05) is 5.32 Å². The van der Waals surface area contributed by atoms with Gasteiger partial charge in [0.05, 0.1) is 23.9 Å². The van der Waals surface area contributed by atoms with Gasteiger partial charge in [-0.15, -0.1) is 11.3 Å². The molecule has 0 spiro atoms. The number of nitrogens with zero attached hydrogens (tertiary/aromatic N) is 1. The molecule has 0 radical (unpaired) electrons. The average molecular weight is 427 g/mol. The number of nitrogens with one attached hydrogen (secondary N) is 2. The number of anilines is 1. The van der Waals surface area contributed by atoms with Crippen LogP contribution in [0, 0.1) is 5.82 Å². The van der Waals surface area contributed by atoms with Crippen molar-refractivity contribution < 1.29 is 31.6 Å². The number of amides is 2. The normalized spacial score (nSPS) is 11.3. The molecule has 0 aliphatic rings. The molecular formula is C18H13F4N3O3S. The molecule has 2 aromatic heterocycles. The average Bonchev–Trinajstić information content (AvgIpc) is 3.32. The molecule has 3 aromatic rings. The number of aromatic nitrogens is 1. The molecule has 0 atom stereocenters. The maximum Gasteiger partial charge on any atom is 0.416 e.